The molecule has 0 spiro atoms. The number of Topliss-reactive ketones (excluding diaryl/α,β-unsaturated/α-hetero) is 1. The van der Waals surface area contributed by atoms with Crippen LogP contribution in [0.3, 0.4) is 0 Å². The van der Waals surface area contributed by atoms with Crippen molar-refractivity contribution >= 4 is 17.7 Å². The molecule has 4 rings (SSSR count). The lowest BCUT2D eigenvalue weighted by Gasteiger charge is -2.29. The molecule has 1 aliphatic carbocycles. The number of ether oxygens (including phenoxy) is 3. The summed E-state index contributed by atoms with van der Waals surface area (Å²) in [5, 5.41) is 0. The molecule has 32 heavy (non-hydrogen) atoms. The summed E-state index contributed by atoms with van der Waals surface area (Å²) >= 11 is 0. The predicted molar refractivity (Wildman–Crippen MR) is 116 cm³/mol. The quantitative estimate of drug-likeness (QED) is 0.634. The van der Waals surface area contributed by atoms with Crippen LogP contribution in [0, 0.1) is 5.41 Å². The summed E-state index contributed by atoms with van der Waals surface area (Å²) in [6, 6.07) is 16.6. The number of fused-ring (bicyclic) bond motifs is 1. The van der Waals surface area contributed by atoms with Crippen LogP contribution in [0.25, 0.3) is 0 Å². The summed E-state index contributed by atoms with van der Waals surface area (Å²) < 4.78 is 16.1. The Hall–Kier alpha value is -3.67. The smallest absolute Gasteiger partial charge is 0.344 e. The summed E-state index contributed by atoms with van der Waals surface area (Å²) in [7, 11) is 0. The van der Waals surface area contributed by atoms with Gasteiger partial charge in [-0.2, -0.15) is 0 Å². The minimum absolute atomic E-state index is 0.0289. The van der Waals surface area contributed by atoms with E-state index in [4.69, 9.17) is 14.2 Å². The van der Waals surface area contributed by atoms with Gasteiger partial charge in [0, 0.05) is 22.1 Å². The van der Waals surface area contributed by atoms with Crippen LogP contribution < -0.4 is 0 Å². The lowest BCUT2D eigenvalue weighted by molar-refractivity contribution is -0.160. The lowest BCUT2D eigenvalue weighted by Crippen LogP contribution is -2.27. The Kier molecular flexibility index (Phi) is 6.21. The fourth-order valence-corrected chi connectivity index (χ4v) is 3.86. The largest absolute Gasteiger partial charge is 0.488 e. The third kappa shape index (κ3) is 4.97. The highest BCUT2D eigenvalue weighted by Gasteiger charge is 2.36. The van der Waals surface area contributed by atoms with Gasteiger partial charge in [0.25, 0.3) is 0 Å². The van der Waals surface area contributed by atoms with Crippen LogP contribution in [0.4, 0.5) is 0 Å². The van der Waals surface area contributed by atoms with E-state index in [2.05, 4.69) is 0 Å². The highest BCUT2D eigenvalue weighted by atomic mass is 16.6. The third-order valence-corrected chi connectivity index (χ3v) is 5.58. The van der Waals surface area contributed by atoms with Crippen molar-refractivity contribution in [1.82, 2.24) is 0 Å². The van der Waals surface area contributed by atoms with Gasteiger partial charge in [0.1, 0.15) is 19.0 Å². The fourth-order valence-electron chi connectivity index (χ4n) is 3.86. The zero-order valence-electron chi connectivity index (χ0n) is 17.8. The highest BCUT2D eigenvalue weighted by Crippen LogP contribution is 2.40. The molecule has 1 unspecified atom stereocenters. The summed E-state index contributed by atoms with van der Waals surface area (Å²) in [6.07, 6.45) is 3.99. The van der Waals surface area contributed by atoms with Crippen molar-refractivity contribution in [3.8, 4) is 0 Å². The number of hydrogen-bond donors (Lipinski definition) is 0. The van der Waals surface area contributed by atoms with Gasteiger partial charge in [-0.3, -0.25) is 9.59 Å². The molecule has 2 aromatic rings. The molecule has 0 radical (unpaired) electrons. The van der Waals surface area contributed by atoms with Crippen LogP contribution in [0.15, 0.2) is 78.1 Å². The summed E-state index contributed by atoms with van der Waals surface area (Å²) in [4.78, 5) is 37.4. The Morgan fingerprint density at radius 2 is 1.75 bits per heavy atom. The first-order valence-corrected chi connectivity index (χ1v) is 10.5. The second-order valence-electron chi connectivity index (χ2n) is 8.27. The van der Waals surface area contributed by atoms with E-state index < -0.39 is 24.0 Å². The Bertz CT molecular complexity index is 1100. The molecule has 164 valence electrons. The molecular weight excluding hydrogens is 408 g/mol. The molecule has 1 atom stereocenters. The number of benzene rings is 2. The molecule has 0 aromatic heterocycles. The number of hydrogen-bond acceptors (Lipinski definition) is 6. The molecule has 0 amide bonds. The van der Waals surface area contributed by atoms with Gasteiger partial charge >= 0.3 is 11.9 Å². The van der Waals surface area contributed by atoms with Gasteiger partial charge in [0.2, 0.25) is 0 Å². The summed E-state index contributed by atoms with van der Waals surface area (Å²) in [6.45, 7) is 1.88. The molecule has 0 fully saturated rings. The SMILES string of the molecule is CC1(CC(=O)OCC(=O)OCc2ccccc2)C=CC2=C(C1)C(=O)c1ccccc1CO2. The third-order valence-electron chi connectivity index (χ3n) is 5.58. The number of allylic oxidation sites excluding steroid dienone is 3. The number of esters is 2. The molecule has 6 nitrogen and oxygen atoms in total. The van der Waals surface area contributed by atoms with Crippen molar-refractivity contribution in [3.05, 3.63) is 94.8 Å². The van der Waals surface area contributed by atoms with Gasteiger partial charge in [-0.1, -0.05) is 67.6 Å². The van der Waals surface area contributed by atoms with E-state index in [1.807, 2.05) is 61.5 Å². The number of carbonyl (C=O) groups is 3. The van der Waals surface area contributed by atoms with E-state index in [1.165, 1.54) is 0 Å². The van der Waals surface area contributed by atoms with Crippen molar-refractivity contribution in [1.29, 1.82) is 0 Å². The van der Waals surface area contributed by atoms with Crippen LogP contribution in [0.1, 0.15) is 41.3 Å². The van der Waals surface area contributed by atoms with Crippen molar-refractivity contribution < 1.29 is 28.6 Å². The first-order chi connectivity index (χ1) is 15.4. The average Bonchev–Trinajstić information content (AvgIpc) is 2.93. The van der Waals surface area contributed by atoms with E-state index in [0.717, 1.165) is 11.1 Å². The molecule has 6 heteroatoms. The van der Waals surface area contributed by atoms with Crippen LogP contribution in [-0.4, -0.2) is 24.3 Å². The monoisotopic (exact) mass is 432 g/mol. The van der Waals surface area contributed by atoms with Gasteiger partial charge in [-0.15, -0.1) is 0 Å². The average molecular weight is 432 g/mol. The Labute approximate surface area is 186 Å². The van der Waals surface area contributed by atoms with Crippen molar-refractivity contribution in [3.63, 3.8) is 0 Å². The Balaban J connectivity index is 1.32. The summed E-state index contributed by atoms with van der Waals surface area (Å²) in [5.41, 5.74) is 2.25. The van der Waals surface area contributed by atoms with Gasteiger partial charge < -0.3 is 14.2 Å². The molecule has 1 heterocycles. The number of ketones is 1. The topological polar surface area (TPSA) is 78.9 Å². The Morgan fingerprint density at radius 3 is 2.56 bits per heavy atom. The maximum absolute atomic E-state index is 13.1. The number of carbonyl (C=O) groups excluding carboxylic acids is 3. The first kappa shape index (κ1) is 21.6. The molecule has 1 aliphatic heterocycles. The van der Waals surface area contributed by atoms with E-state index >= 15 is 0 Å². The molecule has 0 saturated carbocycles. The van der Waals surface area contributed by atoms with Gasteiger partial charge in [-0.25, -0.2) is 4.79 Å². The van der Waals surface area contributed by atoms with Crippen LogP contribution in [-0.2, 0) is 37.0 Å². The minimum Gasteiger partial charge on any atom is -0.488 e. The van der Waals surface area contributed by atoms with Crippen LogP contribution in [0.5, 0.6) is 0 Å². The minimum atomic E-state index is -0.623. The fraction of sp³-hybridized carbons (Fsp3) is 0.269. The molecule has 2 aromatic carbocycles. The van der Waals surface area contributed by atoms with E-state index in [9.17, 15) is 14.4 Å². The van der Waals surface area contributed by atoms with Crippen molar-refractivity contribution in [2.45, 2.75) is 33.0 Å². The highest BCUT2D eigenvalue weighted by molar-refractivity contribution is 6.10. The molecular formula is C26H24O6. The summed E-state index contributed by atoms with van der Waals surface area (Å²) in [5.74, 6) is -0.677. The molecule has 0 saturated heterocycles. The van der Waals surface area contributed by atoms with Crippen LogP contribution in [0.2, 0.25) is 0 Å². The van der Waals surface area contributed by atoms with Gasteiger partial charge in [-0.05, 0) is 18.1 Å². The van der Waals surface area contributed by atoms with Crippen molar-refractivity contribution in [2.75, 3.05) is 6.61 Å². The standard InChI is InChI=1S/C26H24O6/c1-26(14-23(27)32-17-24(28)31-15-18-7-3-2-4-8-18)12-11-22-21(13-26)25(29)20-10-6-5-9-19(20)16-30-22/h2-12H,13-17H2,1H3. The first-order valence-electron chi connectivity index (χ1n) is 10.5. The van der Waals surface area contributed by atoms with Crippen molar-refractivity contribution in [2.24, 2.45) is 5.41 Å². The van der Waals surface area contributed by atoms with Gasteiger partial charge in [0.05, 0.1) is 6.42 Å². The van der Waals surface area contributed by atoms with Crippen LogP contribution >= 0.6 is 0 Å². The number of rotatable bonds is 6. The zero-order valence-corrected chi connectivity index (χ0v) is 17.8. The molecule has 0 N–H and O–H groups in total. The maximum Gasteiger partial charge on any atom is 0.344 e. The zero-order chi connectivity index (χ0) is 22.6. The predicted octanol–water partition coefficient (Wildman–Crippen LogP) is 4.30. The lowest BCUT2D eigenvalue weighted by atomic mass is 9.75. The second-order valence-corrected chi connectivity index (χ2v) is 8.27. The van der Waals surface area contributed by atoms with E-state index in [1.54, 1.807) is 12.1 Å². The van der Waals surface area contributed by atoms with Gasteiger partial charge in [0.15, 0.2) is 12.4 Å². The second kappa shape index (κ2) is 9.22. The normalized spacial score (nSPS) is 19.3. The van der Waals surface area contributed by atoms with E-state index in [-0.39, 0.29) is 18.8 Å². The molecule has 2 aliphatic rings. The Morgan fingerprint density at radius 1 is 1.00 bits per heavy atom. The maximum atomic E-state index is 13.1. The molecule has 0 bridgehead atoms. The van der Waals surface area contributed by atoms with E-state index in [0.29, 0.717) is 29.9 Å².